The highest BCUT2D eigenvalue weighted by atomic mass is 127. The van der Waals surface area contributed by atoms with Gasteiger partial charge in [-0.05, 0) is 36.8 Å². The fourth-order valence-corrected chi connectivity index (χ4v) is 2.89. The van der Waals surface area contributed by atoms with E-state index in [4.69, 9.17) is 0 Å². The fourth-order valence-electron chi connectivity index (χ4n) is 2.89. The topological polar surface area (TPSA) is 74.0 Å². The number of benzene rings is 1. The van der Waals surface area contributed by atoms with E-state index in [0.717, 1.165) is 22.6 Å². The maximum absolute atomic E-state index is 11.9. The van der Waals surface area contributed by atoms with Crippen molar-refractivity contribution in [2.45, 2.75) is 20.0 Å². The Morgan fingerprint density at radius 1 is 1.10 bits per heavy atom. The van der Waals surface area contributed by atoms with Gasteiger partial charge in [0.15, 0.2) is 5.96 Å². The summed E-state index contributed by atoms with van der Waals surface area (Å²) in [5.74, 6) is 0.696. The van der Waals surface area contributed by atoms with Gasteiger partial charge in [0.25, 0.3) is 5.91 Å². The molecule has 8 heteroatoms. The molecule has 0 saturated carbocycles. The molecule has 0 fully saturated rings. The number of aryl methyl sites for hydroxylation is 1. The first-order valence-corrected chi connectivity index (χ1v) is 9.16. The molecule has 2 N–H and O–H groups in total. The molecule has 154 valence electrons. The van der Waals surface area contributed by atoms with Crippen molar-refractivity contribution in [2.75, 3.05) is 21.1 Å². The van der Waals surface area contributed by atoms with E-state index in [2.05, 4.69) is 38.0 Å². The number of halogens is 1. The van der Waals surface area contributed by atoms with Crippen molar-refractivity contribution in [2.24, 2.45) is 4.99 Å². The zero-order valence-corrected chi connectivity index (χ0v) is 19.5. The van der Waals surface area contributed by atoms with Crippen molar-refractivity contribution in [3.63, 3.8) is 0 Å². The predicted molar refractivity (Wildman–Crippen MR) is 127 cm³/mol. The number of carbonyl (C=O) groups is 1. The lowest BCUT2D eigenvalue weighted by atomic mass is 10.1. The number of amides is 1. The van der Waals surface area contributed by atoms with E-state index in [1.54, 1.807) is 26.0 Å². The predicted octanol–water partition coefficient (Wildman–Crippen LogP) is 2.83. The van der Waals surface area contributed by atoms with Gasteiger partial charge in [-0.25, -0.2) is 4.98 Å². The average molecular weight is 506 g/mol. The summed E-state index contributed by atoms with van der Waals surface area (Å²) in [5.41, 5.74) is 4.78. The van der Waals surface area contributed by atoms with Gasteiger partial charge >= 0.3 is 0 Å². The number of hydrogen-bond donors (Lipinski definition) is 2. The Kier molecular flexibility index (Phi) is 8.00. The van der Waals surface area contributed by atoms with Crippen LogP contribution in [0.3, 0.4) is 0 Å². The normalized spacial score (nSPS) is 11.1. The van der Waals surface area contributed by atoms with Crippen LogP contribution in [-0.4, -0.2) is 47.3 Å². The molecule has 29 heavy (non-hydrogen) atoms. The molecule has 0 radical (unpaired) electrons. The number of aromatic nitrogens is 2. The Balaban J connectivity index is 0.00000300. The molecule has 0 aliphatic carbocycles. The van der Waals surface area contributed by atoms with Gasteiger partial charge in [0, 0.05) is 45.1 Å². The van der Waals surface area contributed by atoms with E-state index in [1.807, 2.05) is 42.6 Å². The fraction of sp³-hybridized carbons (Fsp3) is 0.286. The molecule has 1 aromatic carbocycles. The molecule has 0 unspecified atom stereocenters. The van der Waals surface area contributed by atoms with Crippen molar-refractivity contribution in [3.8, 4) is 0 Å². The number of nitrogens with one attached hydrogen (secondary N) is 2. The highest BCUT2D eigenvalue weighted by molar-refractivity contribution is 14.0. The first-order valence-electron chi connectivity index (χ1n) is 9.16. The second-order valence-corrected chi connectivity index (χ2v) is 6.80. The van der Waals surface area contributed by atoms with Crippen molar-refractivity contribution in [1.29, 1.82) is 0 Å². The van der Waals surface area contributed by atoms with Crippen LogP contribution in [-0.2, 0) is 13.1 Å². The van der Waals surface area contributed by atoms with Crippen LogP contribution in [0, 0.1) is 6.92 Å². The highest BCUT2D eigenvalue weighted by Crippen LogP contribution is 2.08. The summed E-state index contributed by atoms with van der Waals surface area (Å²) in [6.07, 6.45) is 2.03. The van der Waals surface area contributed by atoms with Crippen LogP contribution in [0.15, 0.2) is 53.7 Å². The van der Waals surface area contributed by atoms with Gasteiger partial charge in [0.05, 0.1) is 12.2 Å². The van der Waals surface area contributed by atoms with Gasteiger partial charge in [0.1, 0.15) is 5.65 Å². The number of aliphatic imine (C=N–C) groups is 1. The molecule has 0 aliphatic heterocycles. The zero-order valence-electron chi connectivity index (χ0n) is 17.1. The first kappa shape index (κ1) is 22.7. The Hall–Kier alpha value is -2.62. The molecule has 7 nitrogen and oxygen atoms in total. The van der Waals surface area contributed by atoms with Crippen LogP contribution in [0.2, 0.25) is 0 Å². The summed E-state index contributed by atoms with van der Waals surface area (Å²) in [6.45, 7) is 3.25. The Morgan fingerprint density at radius 2 is 1.79 bits per heavy atom. The molecule has 3 rings (SSSR count). The highest BCUT2D eigenvalue weighted by Gasteiger charge is 2.08. The number of imidazole rings is 1. The lowest BCUT2D eigenvalue weighted by Crippen LogP contribution is -2.36. The summed E-state index contributed by atoms with van der Waals surface area (Å²) in [4.78, 5) is 22.4. The van der Waals surface area contributed by atoms with E-state index in [-0.39, 0.29) is 29.9 Å². The van der Waals surface area contributed by atoms with Crippen LogP contribution >= 0.6 is 24.0 Å². The summed E-state index contributed by atoms with van der Waals surface area (Å²) in [7, 11) is 5.23. The summed E-state index contributed by atoms with van der Waals surface area (Å²) in [6, 6.07) is 13.6. The van der Waals surface area contributed by atoms with Gasteiger partial charge in [-0.15, -0.1) is 24.0 Å². The molecule has 2 aromatic heterocycles. The zero-order chi connectivity index (χ0) is 20.1. The molecule has 3 aromatic rings. The third kappa shape index (κ3) is 5.69. The standard InChI is InChI=1S/C21H26N6O.HI/c1-15-6-5-7-19-25-18(14-27(15)19)13-24-21(22-2)23-12-16-8-10-17(11-9-16)20(28)26(3)4;/h5-11,14H,12-13H2,1-4H3,(H2,22,23,24);1H. The molecule has 0 atom stereocenters. The van der Waals surface area contributed by atoms with Crippen molar-refractivity contribution >= 4 is 41.5 Å². The monoisotopic (exact) mass is 506 g/mol. The SMILES string of the molecule is CN=C(NCc1ccc(C(=O)N(C)C)cc1)NCc1cn2c(C)cccc2n1.I. The van der Waals surface area contributed by atoms with Gasteiger partial charge < -0.3 is 19.9 Å². The minimum atomic E-state index is -0.000299. The van der Waals surface area contributed by atoms with E-state index in [9.17, 15) is 4.79 Å². The quantitative estimate of drug-likeness (QED) is 0.317. The number of rotatable bonds is 5. The second-order valence-electron chi connectivity index (χ2n) is 6.80. The molecule has 1 amide bonds. The summed E-state index contributed by atoms with van der Waals surface area (Å²) < 4.78 is 2.07. The number of hydrogen-bond acceptors (Lipinski definition) is 3. The number of fused-ring (bicyclic) bond motifs is 1. The van der Waals surface area contributed by atoms with E-state index < -0.39 is 0 Å². The molecular weight excluding hydrogens is 479 g/mol. The van der Waals surface area contributed by atoms with Crippen molar-refractivity contribution in [3.05, 3.63) is 71.2 Å². The van der Waals surface area contributed by atoms with Gasteiger partial charge in [-0.1, -0.05) is 18.2 Å². The van der Waals surface area contributed by atoms with Crippen LogP contribution in [0.4, 0.5) is 0 Å². The van der Waals surface area contributed by atoms with Crippen molar-refractivity contribution < 1.29 is 4.79 Å². The number of pyridine rings is 1. The van der Waals surface area contributed by atoms with Crippen LogP contribution in [0.25, 0.3) is 5.65 Å². The molecule has 0 saturated heterocycles. The van der Waals surface area contributed by atoms with E-state index in [0.29, 0.717) is 24.6 Å². The third-order valence-electron chi connectivity index (χ3n) is 4.47. The summed E-state index contributed by atoms with van der Waals surface area (Å²) >= 11 is 0. The van der Waals surface area contributed by atoms with Crippen LogP contribution in [0.5, 0.6) is 0 Å². The minimum absolute atomic E-state index is 0. The Labute approximate surface area is 188 Å². The average Bonchev–Trinajstić information content (AvgIpc) is 3.12. The molecular formula is C21H27IN6O. The van der Waals surface area contributed by atoms with Gasteiger partial charge in [0.2, 0.25) is 0 Å². The minimum Gasteiger partial charge on any atom is -0.352 e. The molecule has 2 heterocycles. The first-order chi connectivity index (χ1) is 13.5. The van der Waals surface area contributed by atoms with E-state index in [1.165, 1.54) is 0 Å². The van der Waals surface area contributed by atoms with Crippen LogP contribution < -0.4 is 10.6 Å². The summed E-state index contributed by atoms with van der Waals surface area (Å²) in [5, 5.41) is 6.56. The second kappa shape index (κ2) is 10.2. The van der Waals surface area contributed by atoms with Crippen LogP contribution in [0.1, 0.15) is 27.3 Å². The molecule has 0 aliphatic rings. The van der Waals surface area contributed by atoms with E-state index >= 15 is 0 Å². The number of carbonyl (C=O) groups excluding carboxylic acids is 1. The molecule has 0 spiro atoms. The lowest BCUT2D eigenvalue weighted by molar-refractivity contribution is 0.0827. The maximum atomic E-state index is 11.9. The molecule has 0 bridgehead atoms. The Bertz CT molecular complexity index is 994. The largest absolute Gasteiger partial charge is 0.352 e. The van der Waals surface area contributed by atoms with Gasteiger partial charge in [-0.2, -0.15) is 0 Å². The van der Waals surface area contributed by atoms with Gasteiger partial charge in [-0.3, -0.25) is 9.79 Å². The smallest absolute Gasteiger partial charge is 0.253 e. The number of nitrogens with zero attached hydrogens (tertiary/aromatic N) is 4. The maximum Gasteiger partial charge on any atom is 0.253 e. The van der Waals surface area contributed by atoms with Crippen molar-refractivity contribution in [1.82, 2.24) is 24.9 Å². The number of guanidine groups is 1. The lowest BCUT2D eigenvalue weighted by Gasteiger charge is -2.12. The Morgan fingerprint density at radius 3 is 2.41 bits per heavy atom. The third-order valence-corrected chi connectivity index (χ3v) is 4.47.